The second-order valence-corrected chi connectivity index (χ2v) is 8.66. The molecule has 2 heterocycles. The van der Waals surface area contributed by atoms with Gasteiger partial charge in [-0.2, -0.15) is 0 Å². The lowest BCUT2D eigenvalue weighted by Gasteiger charge is -2.34. The fraction of sp³-hybridized carbons (Fsp3) is 0.368. The molecule has 1 aliphatic rings. The van der Waals surface area contributed by atoms with Crippen LogP contribution in [0.4, 0.5) is 0 Å². The van der Waals surface area contributed by atoms with Gasteiger partial charge in [0.1, 0.15) is 24.7 Å². The Balaban J connectivity index is 1.65. The van der Waals surface area contributed by atoms with Crippen LogP contribution in [0.25, 0.3) is 0 Å². The summed E-state index contributed by atoms with van der Waals surface area (Å²) >= 11 is 0. The summed E-state index contributed by atoms with van der Waals surface area (Å²) in [5.41, 5.74) is 1.49. The molecule has 1 fully saturated rings. The molecule has 0 atom stereocenters. The summed E-state index contributed by atoms with van der Waals surface area (Å²) in [4.78, 5) is 16.1. The number of benzene rings is 1. The van der Waals surface area contributed by atoms with E-state index in [-0.39, 0.29) is 37.6 Å². The summed E-state index contributed by atoms with van der Waals surface area (Å²) in [6.45, 7) is 0.809. The van der Waals surface area contributed by atoms with Gasteiger partial charge >= 0.3 is 0 Å². The van der Waals surface area contributed by atoms with Crippen molar-refractivity contribution >= 4 is 15.7 Å². The van der Waals surface area contributed by atoms with E-state index in [0.717, 1.165) is 0 Å². The lowest BCUT2D eigenvalue weighted by atomic mass is 9.98. The second-order valence-electron chi connectivity index (χ2n) is 6.40. The van der Waals surface area contributed by atoms with Gasteiger partial charge in [-0.15, -0.1) is 0 Å². The molecule has 156 valence electrons. The summed E-state index contributed by atoms with van der Waals surface area (Å²) in [5.74, 6) is 0.193. The van der Waals surface area contributed by atoms with Gasteiger partial charge in [0.25, 0.3) is 5.91 Å². The van der Waals surface area contributed by atoms with Crippen LogP contribution in [0.1, 0.15) is 12.8 Å². The molecule has 0 aliphatic carbocycles. The summed E-state index contributed by atoms with van der Waals surface area (Å²) in [7, 11) is -4.05. The minimum atomic E-state index is -4.05. The van der Waals surface area contributed by atoms with Crippen LogP contribution in [-0.4, -0.2) is 55.7 Å². The number of nitrogens with one attached hydrogen (secondary N) is 1. The Morgan fingerprint density at radius 3 is 2.14 bits per heavy atom. The number of amides is 1. The summed E-state index contributed by atoms with van der Waals surface area (Å²) < 4.78 is 40.8. The second kappa shape index (κ2) is 9.21. The molecule has 1 aliphatic heterocycles. The highest BCUT2D eigenvalue weighted by Crippen LogP contribution is 2.35. The number of hydroxylamine groups is 1. The van der Waals surface area contributed by atoms with Gasteiger partial charge in [0.2, 0.25) is 0 Å². The van der Waals surface area contributed by atoms with Crippen LogP contribution in [0, 0.1) is 0 Å². The third kappa shape index (κ3) is 4.50. The zero-order chi connectivity index (χ0) is 20.7. The van der Waals surface area contributed by atoms with Gasteiger partial charge in [0, 0.05) is 25.6 Å². The number of hydrogen-bond donors (Lipinski definition) is 2. The lowest BCUT2D eigenvalue weighted by Crippen LogP contribution is -2.54. The van der Waals surface area contributed by atoms with Crippen molar-refractivity contribution in [1.29, 1.82) is 0 Å². The Bertz CT molecular complexity index is 911. The highest BCUT2D eigenvalue weighted by molar-refractivity contribution is 7.93. The Morgan fingerprint density at radius 2 is 1.59 bits per heavy atom. The molecular weight excluding hydrogens is 400 g/mol. The normalized spacial score (nSPS) is 16.0. The molecule has 29 heavy (non-hydrogen) atoms. The van der Waals surface area contributed by atoms with Crippen molar-refractivity contribution < 1.29 is 32.6 Å². The first-order valence-corrected chi connectivity index (χ1v) is 10.5. The van der Waals surface area contributed by atoms with Crippen molar-refractivity contribution in [1.82, 2.24) is 10.5 Å². The Labute approximate surface area is 168 Å². The van der Waals surface area contributed by atoms with E-state index in [4.69, 9.17) is 19.4 Å². The van der Waals surface area contributed by atoms with E-state index in [9.17, 15) is 13.2 Å². The average molecular weight is 422 g/mol. The minimum Gasteiger partial charge on any atom is -0.490 e. The van der Waals surface area contributed by atoms with E-state index >= 15 is 0 Å². The van der Waals surface area contributed by atoms with Crippen molar-refractivity contribution in [3.8, 4) is 11.5 Å². The molecule has 1 saturated heterocycles. The maximum absolute atomic E-state index is 13.1. The molecule has 2 aromatic rings. The Hall–Kier alpha value is -2.69. The van der Waals surface area contributed by atoms with Gasteiger partial charge in [-0.3, -0.25) is 15.0 Å². The first kappa shape index (κ1) is 21.0. The number of ether oxygens (including phenoxy) is 3. The standard InChI is InChI=1S/C19H22N2O7S/c22-18(21-23)19(7-11-26-12-8-19)29(24,25)17-3-1-15(2-4-17)27-13-14-28-16-5-9-20-10-6-16/h1-6,9-10,23H,7-8,11-14H2,(H,21,22). The van der Waals surface area contributed by atoms with Crippen LogP contribution in [0.5, 0.6) is 11.5 Å². The monoisotopic (exact) mass is 422 g/mol. The molecule has 10 heteroatoms. The predicted molar refractivity (Wildman–Crippen MR) is 102 cm³/mol. The van der Waals surface area contributed by atoms with E-state index in [2.05, 4.69) is 4.98 Å². The summed E-state index contributed by atoms with van der Waals surface area (Å²) in [6, 6.07) is 9.27. The van der Waals surface area contributed by atoms with E-state index < -0.39 is 20.5 Å². The molecule has 0 bridgehead atoms. The SMILES string of the molecule is O=C(NO)C1(S(=O)(=O)c2ccc(OCCOc3ccncc3)cc2)CCOCC1. The highest BCUT2D eigenvalue weighted by Gasteiger charge is 2.52. The number of rotatable bonds is 8. The van der Waals surface area contributed by atoms with Gasteiger partial charge < -0.3 is 14.2 Å². The minimum absolute atomic E-state index is 0.0246. The zero-order valence-corrected chi connectivity index (χ0v) is 16.4. The maximum atomic E-state index is 13.1. The van der Waals surface area contributed by atoms with Crippen LogP contribution >= 0.6 is 0 Å². The number of hydrogen-bond acceptors (Lipinski definition) is 8. The number of carbonyl (C=O) groups is 1. The molecular formula is C19H22N2O7S. The molecule has 9 nitrogen and oxygen atoms in total. The third-order valence-electron chi connectivity index (χ3n) is 4.73. The first-order valence-electron chi connectivity index (χ1n) is 9.02. The van der Waals surface area contributed by atoms with Crippen LogP contribution in [-0.2, 0) is 19.4 Å². The molecule has 0 saturated carbocycles. The van der Waals surface area contributed by atoms with E-state index in [0.29, 0.717) is 18.1 Å². The van der Waals surface area contributed by atoms with E-state index in [1.54, 1.807) is 24.5 Å². The molecule has 2 N–H and O–H groups in total. The average Bonchev–Trinajstić information content (AvgIpc) is 2.77. The van der Waals surface area contributed by atoms with Gasteiger partial charge in [-0.25, -0.2) is 13.9 Å². The number of nitrogens with zero attached hydrogens (tertiary/aromatic N) is 1. The zero-order valence-electron chi connectivity index (χ0n) is 15.6. The molecule has 0 unspecified atom stereocenters. The predicted octanol–water partition coefficient (Wildman–Crippen LogP) is 1.37. The van der Waals surface area contributed by atoms with Crippen molar-refractivity contribution in [3.05, 3.63) is 48.8 Å². The molecule has 0 radical (unpaired) electrons. The largest absolute Gasteiger partial charge is 0.490 e. The third-order valence-corrected chi connectivity index (χ3v) is 7.25. The van der Waals surface area contributed by atoms with Crippen molar-refractivity contribution in [2.24, 2.45) is 0 Å². The van der Waals surface area contributed by atoms with Crippen LogP contribution in [0.3, 0.4) is 0 Å². The molecule has 1 aromatic heterocycles. The van der Waals surface area contributed by atoms with Crippen molar-refractivity contribution in [3.63, 3.8) is 0 Å². The first-order chi connectivity index (χ1) is 14.0. The fourth-order valence-corrected chi connectivity index (χ4v) is 5.05. The van der Waals surface area contributed by atoms with Gasteiger partial charge in [-0.1, -0.05) is 0 Å². The van der Waals surface area contributed by atoms with Crippen LogP contribution in [0.15, 0.2) is 53.7 Å². The fourth-order valence-electron chi connectivity index (χ4n) is 3.11. The molecule has 1 amide bonds. The highest BCUT2D eigenvalue weighted by atomic mass is 32.2. The smallest absolute Gasteiger partial charge is 0.265 e. The lowest BCUT2D eigenvalue weighted by molar-refractivity contribution is -0.134. The number of carbonyl (C=O) groups excluding carboxylic acids is 1. The maximum Gasteiger partial charge on any atom is 0.265 e. The number of pyridine rings is 1. The quantitative estimate of drug-likeness (QED) is 0.371. The van der Waals surface area contributed by atoms with Gasteiger partial charge in [-0.05, 0) is 49.2 Å². The van der Waals surface area contributed by atoms with E-state index in [1.807, 2.05) is 0 Å². The van der Waals surface area contributed by atoms with Crippen molar-refractivity contribution in [2.75, 3.05) is 26.4 Å². The molecule has 0 spiro atoms. The van der Waals surface area contributed by atoms with Crippen LogP contribution < -0.4 is 15.0 Å². The van der Waals surface area contributed by atoms with Gasteiger partial charge in [0.15, 0.2) is 14.6 Å². The number of aromatic nitrogens is 1. The van der Waals surface area contributed by atoms with E-state index in [1.165, 1.54) is 29.7 Å². The number of sulfone groups is 1. The summed E-state index contributed by atoms with van der Waals surface area (Å²) in [6.07, 6.45) is 3.17. The Morgan fingerprint density at radius 1 is 1.03 bits per heavy atom. The van der Waals surface area contributed by atoms with Gasteiger partial charge in [0.05, 0.1) is 4.90 Å². The topological polar surface area (TPSA) is 124 Å². The molecule has 3 rings (SSSR count). The summed E-state index contributed by atoms with van der Waals surface area (Å²) in [5, 5.41) is 9.07. The molecule has 1 aromatic carbocycles. The van der Waals surface area contributed by atoms with Crippen molar-refractivity contribution in [2.45, 2.75) is 22.5 Å². The Kier molecular flexibility index (Phi) is 6.68. The van der Waals surface area contributed by atoms with Crippen LogP contribution in [0.2, 0.25) is 0 Å².